The minimum absolute atomic E-state index is 0.0324. The minimum atomic E-state index is -0.170. The van der Waals surface area contributed by atoms with Crippen LogP contribution in [0.5, 0.6) is 0 Å². The van der Waals surface area contributed by atoms with E-state index in [0.717, 1.165) is 29.1 Å². The number of halogens is 1. The second-order valence-electron chi connectivity index (χ2n) is 4.44. The Morgan fingerprint density at radius 3 is 2.79 bits per heavy atom. The second-order valence-corrected chi connectivity index (χ2v) is 5.22. The quantitative estimate of drug-likeness (QED) is 0.913. The van der Waals surface area contributed by atoms with E-state index in [9.17, 15) is 4.39 Å². The average Bonchev–Trinajstić information content (AvgIpc) is 2.87. The maximum atomic E-state index is 13.7. The summed E-state index contributed by atoms with van der Waals surface area (Å²) >= 11 is 1.38. The first-order chi connectivity index (χ1) is 9.17. The van der Waals surface area contributed by atoms with Crippen LogP contribution in [0.3, 0.4) is 0 Å². The van der Waals surface area contributed by atoms with E-state index in [4.69, 9.17) is 0 Å². The van der Waals surface area contributed by atoms with Gasteiger partial charge in [0.25, 0.3) is 0 Å². The lowest BCUT2D eigenvalue weighted by Crippen LogP contribution is -2.22. The molecular weight excluding hydrogens is 261 g/mol. The van der Waals surface area contributed by atoms with Crippen molar-refractivity contribution in [3.8, 4) is 0 Å². The summed E-state index contributed by atoms with van der Waals surface area (Å²) in [7, 11) is 0. The Kier molecular flexibility index (Phi) is 4.61. The van der Waals surface area contributed by atoms with Crippen LogP contribution in [0.1, 0.15) is 41.6 Å². The lowest BCUT2D eigenvalue weighted by atomic mass is 10.0. The average molecular weight is 279 g/mol. The first-order valence-electron chi connectivity index (χ1n) is 6.47. The smallest absolute Gasteiger partial charge is 0.126 e. The third-order valence-electron chi connectivity index (χ3n) is 3.12. The Hall–Kier alpha value is -1.33. The van der Waals surface area contributed by atoms with Gasteiger partial charge in [0, 0.05) is 0 Å². The third-order valence-corrected chi connectivity index (χ3v) is 3.95. The van der Waals surface area contributed by atoms with E-state index < -0.39 is 0 Å². The van der Waals surface area contributed by atoms with Crippen molar-refractivity contribution in [1.82, 2.24) is 14.9 Å². The first-order valence-corrected chi connectivity index (χ1v) is 7.25. The van der Waals surface area contributed by atoms with Crippen molar-refractivity contribution in [3.05, 3.63) is 45.7 Å². The summed E-state index contributed by atoms with van der Waals surface area (Å²) in [6.45, 7) is 6.67. The van der Waals surface area contributed by atoms with Gasteiger partial charge in [-0.15, -0.1) is 5.10 Å². The fraction of sp³-hybridized carbons (Fsp3) is 0.429. The van der Waals surface area contributed by atoms with Gasteiger partial charge in [0.1, 0.15) is 5.82 Å². The molecule has 0 radical (unpaired) electrons. The highest BCUT2D eigenvalue weighted by Gasteiger charge is 2.20. The third kappa shape index (κ3) is 2.98. The highest BCUT2D eigenvalue weighted by molar-refractivity contribution is 7.05. The fourth-order valence-corrected chi connectivity index (χ4v) is 2.88. The molecule has 0 aliphatic heterocycles. The van der Waals surface area contributed by atoms with Gasteiger partial charge in [-0.2, -0.15) is 0 Å². The first kappa shape index (κ1) is 14.1. The molecule has 1 N–H and O–H groups in total. The Bertz CT molecular complexity index is 553. The predicted molar refractivity (Wildman–Crippen MR) is 75.9 cm³/mol. The van der Waals surface area contributed by atoms with Gasteiger partial charge in [0.05, 0.1) is 16.6 Å². The topological polar surface area (TPSA) is 37.8 Å². The summed E-state index contributed by atoms with van der Waals surface area (Å²) in [4.78, 5) is 1.08. The molecule has 0 fully saturated rings. The zero-order valence-electron chi connectivity index (χ0n) is 11.4. The number of benzene rings is 1. The number of hydrogen-bond donors (Lipinski definition) is 1. The molecule has 1 heterocycles. The summed E-state index contributed by atoms with van der Waals surface area (Å²) in [6, 6.07) is 5.34. The molecule has 3 nitrogen and oxygen atoms in total. The maximum Gasteiger partial charge on any atom is 0.126 e. The summed E-state index contributed by atoms with van der Waals surface area (Å²) in [5.41, 5.74) is 2.57. The van der Waals surface area contributed by atoms with E-state index in [2.05, 4.69) is 21.8 Å². The van der Waals surface area contributed by atoms with Gasteiger partial charge in [0.2, 0.25) is 0 Å². The van der Waals surface area contributed by atoms with Crippen LogP contribution >= 0.6 is 11.5 Å². The normalized spacial score (nSPS) is 12.6. The monoisotopic (exact) mass is 279 g/mol. The molecule has 2 aromatic rings. The van der Waals surface area contributed by atoms with Gasteiger partial charge in [-0.25, -0.2) is 4.39 Å². The molecule has 2 rings (SSSR count). The molecule has 1 aromatic carbocycles. The lowest BCUT2D eigenvalue weighted by Gasteiger charge is -2.18. The Labute approximate surface area is 117 Å². The molecule has 0 saturated heterocycles. The highest BCUT2D eigenvalue weighted by Crippen LogP contribution is 2.28. The van der Waals surface area contributed by atoms with E-state index in [0.29, 0.717) is 5.56 Å². The van der Waals surface area contributed by atoms with Gasteiger partial charge in [-0.05, 0) is 48.6 Å². The predicted octanol–water partition coefficient (Wildman–Crippen LogP) is 3.25. The van der Waals surface area contributed by atoms with Crippen LogP contribution < -0.4 is 5.32 Å². The summed E-state index contributed by atoms with van der Waals surface area (Å²) < 4.78 is 17.8. The largest absolute Gasteiger partial charge is 0.306 e. The van der Waals surface area contributed by atoms with Crippen molar-refractivity contribution in [3.63, 3.8) is 0 Å². The Morgan fingerprint density at radius 1 is 1.37 bits per heavy atom. The zero-order valence-corrected chi connectivity index (χ0v) is 12.2. The van der Waals surface area contributed by atoms with Crippen LogP contribution in [0.2, 0.25) is 0 Å². The molecule has 0 aliphatic rings. The number of nitrogens with one attached hydrogen (secondary N) is 1. The van der Waals surface area contributed by atoms with Crippen molar-refractivity contribution < 1.29 is 4.39 Å². The molecule has 102 valence electrons. The van der Waals surface area contributed by atoms with Crippen LogP contribution in [0.4, 0.5) is 4.39 Å². The number of rotatable bonds is 5. The number of aromatic nitrogens is 2. The Morgan fingerprint density at radius 2 is 2.16 bits per heavy atom. The van der Waals surface area contributed by atoms with E-state index in [1.165, 1.54) is 11.5 Å². The molecule has 0 spiro atoms. The van der Waals surface area contributed by atoms with Gasteiger partial charge in [0.15, 0.2) is 0 Å². The van der Waals surface area contributed by atoms with E-state index in [-0.39, 0.29) is 11.9 Å². The maximum absolute atomic E-state index is 13.7. The van der Waals surface area contributed by atoms with Crippen molar-refractivity contribution in [2.45, 2.75) is 33.2 Å². The number of aryl methyl sites for hydroxylation is 2. The lowest BCUT2D eigenvalue weighted by molar-refractivity contribution is 0.598. The van der Waals surface area contributed by atoms with E-state index in [1.807, 2.05) is 19.1 Å². The SMILES string of the molecule is CCNC(c1ccc(C)c(F)c1)c1snnc1CC. The summed E-state index contributed by atoms with van der Waals surface area (Å²) in [6.07, 6.45) is 0.835. The van der Waals surface area contributed by atoms with Gasteiger partial charge in [-0.1, -0.05) is 30.5 Å². The van der Waals surface area contributed by atoms with Crippen LogP contribution in [0, 0.1) is 12.7 Å². The van der Waals surface area contributed by atoms with Crippen molar-refractivity contribution in [2.75, 3.05) is 6.54 Å². The van der Waals surface area contributed by atoms with E-state index in [1.54, 1.807) is 13.0 Å². The van der Waals surface area contributed by atoms with Gasteiger partial charge in [-0.3, -0.25) is 0 Å². The van der Waals surface area contributed by atoms with Gasteiger partial charge < -0.3 is 5.32 Å². The van der Waals surface area contributed by atoms with Crippen molar-refractivity contribution >= 4 is 11.5 Å². The fourth-order valence-electron chi connectivity index (χ4n) is 2.03. The number of nitrogens with zero attached hydrogens (tertiary/aromatic N) is 2. The number of hydrogen-bond acceptors (Lipinski definition) is 4. The summed E-state index contributed by atoms with van der Waals surface area (Å²) in [5, 5.41) is 7.52. The van der Waals surface area contributed by atoms with Crippen LogP contribution in [0.25, 0.3) is 0 Å². The molecule has 1 aromatic heterocycles. The van der Waals surface area contributed by atoms with Crippen molar-refractivity contribution in [1.29, 1.82) is 0 Å². The van der Waals surface area contributed by atoms with Crippen molar-refractivity contribution in [2.24, 2.45) is 0 Å². The van der Waals surface area contributed by atoms with Gasteiger partial charge >= 0.3 is 0 Å². The molecule has 0 amide bonds. The zero-order chi connectivity index (χ0) is 13.8. The molecule has 1 unspecified atom stereocenters. The van der Waals surface area contributed by atoms with Crippen LogP contribution in [-0.4, -0.2) is 16.1 Å². The standard InChI is InChI=1S/C14H18FN3S/c1-4-12-14(19-18-17-12)13(16-5-2)10-7-6-9(3)11(15)8-10/h6-8,13,16H,4-5H2,1-3H3. The molecular formula is C14H18FN3S. The van der Waals surface area contributed by atoms with Crippen LogP contribution in [-0.2, 0) is 6.42 Å². The minimum Gasteiger partial charge on any atom is -0.306 e. The van der Waals surface area contributed by atoms with E-state index >= 15 is 0 Å². The molecule has 5 heteroatoms. The Balaban J connectivity index is 2.42. The highest BCUT2D eigenvalue weighted by atomic mass is 32.1. The molecule has 1 atom stereocenters. The van der Waals surface area contributed by atoms with Crippen LogP contribution in [0.15, 0.2) is 18.2 Å². The second kappa shape index (κ2) is 6.21. The summed E-state index contributed by atoms with van der Waals surface area (Å²) in [5.74, 6) is -0.170. The molecule has 19 heavy (non-hydrogen) atoms. The molecule has 0 bridgehead atoms. The molecule has 0 aliphatic carbocycles. The molecule has 0 saturated carbocycles.